The van der Waals surface area contributed by atoms with E-state index in [1.807, 2.05) is 30.3 Å². The second-order valence-electron chi connectivity index (χ2n) is 3.76. The lowest BCUT2D eigenvalue weighted by Gasteiger charge is -2.02. The zero-order valence-corrected chi connectivity index (χ0v) is 10.1. The van der Waals surface area contributed by atoms with E-state index in [0.29, 0.717) is 5.69 Å². The molecule has 5 nitrogen and oxygen atoms in total. The molecule has 18 heavy (non-hydrogen) atoms. The minimum absolute atomic E-state index is 0.282. The van der Waals surface area contributed by atoms with Gasteiger partial charge in [0.05, 0.1) is 23.1 Å². The monoisotopic (exact) mass is 255 g/mol. The summed E-state index contributed by atoms with van der Waals surface area (Å²) in [5, 5.41) is 8.19. The molecule has 2 heterocycles. The van der Waals surface area contributed by atoms with E-state index >= 15 is 0 Å². The highest BCUT2D eigenvalue weighted by Gasteiger charge is 2.06. The molecule has 0 amide bonds. The van der Waals surface area contributed by atoms with Crippen molar-refractivity contribution < 1.29 is 0 Å². The fraction of sp³-hybridized carbons (Fsp3) is 0. The molecule has 2 N–H and O–H groups in total. The van der Waals surface area contributed by atoms with E-state index in [4.69, 9.17) is 18.0 Å². The number of aromatic nitrogens is 4. The van der Waals surface area contributed by atoms with E-state index in [0.717, 1.165) is 16.7 Å². The molecule has 0 spiro atoms. The van der Waals surface area contributed by atoms with Gasteiger partial charge >= 0.3 is 0 Å². The number of thiocarbonyl (C=S) groups is 1. The number of benzene rings is 1. The topological polar surface area (TPSA) is 69.6 Å². The first-order chi connectivity index (χ1) is 8.75. The van der Waals surface area contributed by atoms with Crippen molar-refractivity contribution in [3.63, 3.8) is 0 Å². The third-order valence-corrected chi connectivity index (χ3v) is 2.81. The first-order valence-corrected chi connectivity index (χ1v) is 5.73. The zero-order chi connectivity index (χ0) is 12.5. The van der Waals surface area contributed by atoms with Crippen molar-refractivity contribution in [1.82, 2.24) is 20.0 Å². The molecule has 0 unspecified atom stereocenters. The highest BCUT2D eigenvalue weighted by Crippen LogP contribution is 2.15. The van der Waals surface area contributed by atoms with Crippen LogP contribution in [0.3, 0.4) is 0 Å². The van der Waals surface area contributed by atoms with Crippen molar-refractivity contribution in [3.8, 4) is 5.69 Å². The van der Waals surface area contributed by atoms with Gasteiger partial charge in [-0.05, 0) is 24.3 Å². The second-order valence-corrected chi connectivity index (χ2v) is 4.20. The summed E-state index contributed by atoms with van der Waals surface area (Å²) in [7, 11) is 0. The fourth-order valence-corrected chi connectivity index (χ4v) is 1.84. The summed E-state index contributed by atoms with van der Waals surface area (Å²) >= 11 is 4.86. The first-order valence-electron chi connectivity index (χ1n) is 5.32. The van der Waals surface area contributed by atoms with Crippen LogP contribution in [0.1, 0.15) is 5.69 Å². The molecule has 3 rings (SSSR count). The van der Waals surface area contributed by atoms with Crippen LogP contribution in [0.2, 0.25) is 0 Å². The van der Waals surface area contributed by atoms with Gasteiger partial charge in [-0.15, -0.1) is 5.10 Å². The Bertz CT molecular complexity index is 717. The Hall–Kier alpha value is -2.34. The van der Waals surface area contributed by atoms with Gasteiger partial charge < -0.3 is 5.73 Å². The summed E-state index contributed by atoms with van der Waals surface area (Å²) < 4.78 is 1.73. The molecule has 2 aromatic heterocycles. The van der Waals surface area contributed by atoms with Gasteiger partial charge in [0.15, 0.2) is 0 Å². The van der Waals surface area contributed by atoms with Crippen molar-refractivity contribution in [2.24, 2.45) is 5.73 Å². The molecule has 0 fully saturated rings. The predicted octanol–water partition coefficient (Wildman–Crippen LogP) is 1.45. The number of para-hydroxylation sites is 1. The van der Waals surface area contributed by atoms with Gasteiger partial charge in [-0.3, -0.25) is 4.98 Å². The third kappa shape index (κ3) is 1.72. The molecule has 1 aromatic carbocycles. The van der Waals surface area contributed by atoms with Gasteiger partial charge in [0.1, 0.15) is 10.5 Å². The molecular formula is C12H9N5S. The maximum atomic E-state index is 5.51. The van der Waals surface area contributed by atoms with Crippen LogP contribution in [-0.2, 0) is 0 Å². The number of fused-ring (bicyclic) bond motifs is 1. The number of pyridine rings is 1. The van der Waals surface area contributed by atoms with Crippen LogP contribution in [0, 0.1) is 0 Å². The molecule has 88 valence electrons. The van der Waals surface area contributed by atoms with Crippen LogP contribution < -0.4 is 5.73 Å². The van der Waals surface area contributed by atoms with E-state index in [1.165, 1.54) is 0 Å². The fourth-order valence-electron chi connectivity index (χ4n) is 1.72. The lowest BCUT2D eigenvalue weighted by molar-refractivity contribution is 0.820. The highest BCUT2D eigenvalue weighted by molar-refractivity contribution is 7.80. The van der Waals surface area contributed by atoms with Crippen LogP contribution in [0.4, 0.5) is 0 Å². The second kappa shape index (κ2) is 4.15. The van der Waals surface area contributed by atoms with E-state index in [9.17, 15) is 0 Å². The summed E-state index contributed by atoms with van der Waals surface area (Å²) in [6.45, 7) is 0. The predicted molar refractivity (Wildman–Crippen MR) is 72.5 cm³/mol. The number of nitrogens with two attached hydrogens (primary N) is 1. The minimum Gasteiger partial charge on any atom is -0.388 e. The van der Waals surface area contributed by atoms with E-state index in [-0.39, 0.29) is 4.99 Å². The summed E-state index contributed by atoms with van der Waals surface area (Å²) in [6.07, 6.45) is 1.68. The lowest BCUT2D eigenvalue weighted by atomic mass is 10.3. The van der Waals surface area contributed by atoms with Gasteiger partial charge in [-0.2, -0.15) is 0 Å². The van der Waals surface area contributed by atoms with Crippen LogP contribution in [0.25, 0.3) is 16.7 Å². The van der Waals surface area contributed by atoms with Crippen molar-refractivity contribution >= 4 is 28.2 Å². The highest BCUT2D eigenvalue weighted by atomic mass is 32.1. The Morgan fingerprint density at radius 3 is 2.72 bits per heavy atom. The Labute approximate surface area is 108 Å². The smallest absolute Gasteiger partial charge is 0.122 e. The molecule has 0 saturated heterocycles. The van der Waals surface area contributed by atoms with Crippen molar-refractivity contribution in [2.45, 2.75) is 0 Å². The molecule has 6 heteroatoms. The van der Waals surface area contributed by atoms with Crippen LogP contribution in [0.15, 0.2) is 42.6 Å². The molecule has 0 atom stereocenters. The largest absolute Gasteiger partial charge is 0.388 e. The quantitative estimate of drug-likeness (QED) is 0.702. The molecule has 0 bridgehead atoms. The molecule has 0 aliphatic carbocycles. The van der Waals surface area contributed by atoms with Gasteiger partial charge in [-0.1, -0.05) is 29.6 Å². The third-order valence-electron chi connectivity index (χ3n) is 2.60. The van der Waals surface area contributed by atoms with Crippen LogP contribution in [0.5, 0.6) is 0 Å². The van der Waals surface area contributed by atoms with Gasteiger partial charge in [0.2, 0.25) is 0 Å². The molecule has 3 aromatic rings. The van der Waals surface area contributed by atoms with E-state index in [1.54, 1.807) is 16.9 Å². The average molecular weight is 255 g/mol. The Morgan fingerprint density at radius 2 is 2.00 bits per heavy atom. The molecular weight excluding hydrogens is 246 g/mol. The summed E-state index contributed by atoms with van der Waals surface area (Å²) in [4.78, 5) is 4.47. The Kier molecular flexibility index (Phi) is 2.49. The summed E-state index contributed by atoms with van der Waals surface area (Å²) in [5.74, 6) is 0. The molecule has 0 aliphatic rings. The normalized spacial score (nSPS) is 10.7. The van der Waals surface area contributed by atoms with Crippen LogP contribution >= 0.6 is 12.2 Å². The van der Waals surface area contributed by atoms with E-state index in [2.05, 4.69) is 15.3 Å². The number of hydrogen-bond donors (Lipinski definition) is 1. The maximum absolute atomic E-state index is 5.51. The average Bonchev–Trinajstić information content (AvgIpc) is 2.82. The first kappa shape index (κ1) is 10.8. The summed E-state index contributed by atoms with van der Waals surface area (Å²) in [6, 6.07) is 11.4. The standard InChI is InChI=1S/C12H9N5S/c13-12(18)10-6-5-8(7-14-10)17-11-4-2-1-3-9(11)15-16-17/h1-7H,(H2,13,18). The van der Waals surface area contributed by atoms with Gasteiger partial charge in [-0.25, -0.2) is 4.68 Å². The van der Waals surface area contributed by atoms with E-state index < -0.39 is 0 Å². The number of rotatable bonds is 2. The van der Waals surface area contributed by atoms with Gasteiger partial charge in [0.25, 0.3) is 0 Å². The molecule has 0 saturated carbocycles. The number of hydrogen-bond acceptors (Lipinski definition) is 4. The minimum atomic E-state index is 0.282. The van der Waals surface area contributed by atoms with Gasteiger partial charge in [0, 0.05) is 0 Å². The SMILES string of the molecule is NC(=S)c1ccc(-n2nnc3ccccc32)cn1. The Morgan fingerprint density at radius 1 is 1.17 bits per heavy atom. The van der Waals surface area contributed by atoms with Crippen molar-refractivity contribution in [1.29, 1.82) is 0 Å². The Balaban J connectivity index is 2.12. The zero-order valence-electron chi connectivity index (χ0n) is 9.32. The molecule has 0 aliphatic heterocycles. The van der Waals surface area contributed by atoms with Crippen molar-refractivity contribution in [2.75, 3.05) is 0 Å². The summed E-state index contributed by atoms with van der Waals surface area (Å²) in [5.41, 5.74) is 8.70. The number of nitrogens with zero attached hydrogens (tertiary/aromatic N) is 4. The molecule has 0 radical (unpaired) electrons. The van der Waals surface area contributed by atoms with Crippen LogP contribution in [-0.4, -0.2) is 25.0 Å². The lowest BCUT2D eigenvalue weighted by Crippen LogP contribution is -2.11. The maximum Gasteiger partial charge on any atom is 0.122 e. The van der Waals surface area contributed by atoms with Crippen molar-refractivity contribution in [3.05, 3.63) is 48.3 Å².